The fourth-order valence-corrected chi connectivity index (χ4v) is 2.17. The highest BCUT2D eigenvalue weighted by Crippen LogP contribution is 2.20. The summed E-state index contributed by atoms with van der Waals surface area (Å²) >= 11 is 0. The van der Waals surface area contributed by atoms with E-state index in [1.165, 1.54) is 5.56 Å². The minimum atomic E-state index is 0.0656. The molecule has 0 aliphatic carbocycles. The highest BCUT2D eigenvalue weighted by atomic mass is 16.5. The molecule has 1 heterocycles. The van der Waals surface area contributed by atoms with Crippen molar-refractivity contribution in [1.82, 2.24) is 5.32 Å². The number of rotatable bonds is 4. The highest BCUT2D eigenvalue weighted by molar-refractivity contribution is 5.18. The molecule has 3 N–H and O–H groups in total. The Balaban J connectivity index is 1.85. The first-order chi connectivity index (χ1) is 8.20. The van der Waals surface area contributed by atoms with Crippen LogP contribution in [0.2, 0.25) is 0 Å². The molecule has 0 radical (unpaired) electrons. The van der Waals surface area contributed by atoms with Gasteiger partial charge in [-0.05, 0) is 25.3 Å². The largest absolute Gasteiger partial charge is 0.381 e. The van der Waals surface area contributed by atoms with Gasteiger partial charge >= 0.3 is 0 Å². The maximum absolute atomic E-state index is 6.18. The van der Waals surface area contributed by atoms with Gasteiger partial charge in [-0.25, -0.2) is 0 Å². The molecule has 0 aromatic heterocycles. The molecule has 1 aromatic carbocycles. The Labute approximate surface area is 103 Å². The quantitative estimate of drug-likeness (QED) is 0.835. The molecule has 94 valence electrons. The maximum atomic E-state index is 6.18. The topological polar surface area (TPSA) is 47.3 Å². The van der Waals surface area contributed by atoms with Crippen LogP contribution in [0.25, 0.3) is 0 Å². The van der Waals surface area contributed by atoms with Crippen LogP contribution in [0.5, 0.6) is 0 Å². The van der Waals surface area contributed by atoms with Crippen molar-refractivity contribution in [2.75, 3.05) is 19.8 Å². The second kappa shape index (κ2) is 5.63. The molecule has 0 saturated carbocycles. The Morgan fingerprint density at radius 3 is 2.59 bits per heavy atom. The molecule has 1 atom stereocenters. The predicted molar refractivity (Wildman–Crippen MR) is 69.8 cm³/mol. The van der Waals surface area contributed by atoms with Gasteiger partial charge in [0, 0.05) is 31.3 Å². The Kier molecular flexibility index (Phi) is 4.15. The van der Waals surface area contributed by atoms with Gasteiger partial charge in [-0.2, -0.15) is 0 Å². The molecule has 1 fully saturated rings. The summed E-state index contributed by atoms with van der Waals surface area (Å²) in [7, 11) is 0. The van der Waals surface area contributed by atoms with E-state index in [0.29, 0.717) is 0 Å². The van der Waals surface area contributed by atoms with Gasteiger partial charge in [-0.15, -0.1) is 0 Å². The van der Waals surface area contributed by atoms with E-state index < -0.39 is 0 Å². The summed E-state index contributed by atoms with van der Waals surface area (Å²) in [4.78, 5) is 0. The second-order valence-electron chi connectivity index (χ2n) is 5.07. The van der Waals surface area contributed by atoms with Crippen LogP contribution in [-0.4, -0.2) is 25.3 Å². The lowest BCUT2D eigenvalue weighted by molar-refractivity contribution is 0.0448. The van der Waals surface area contributed by atoms with E-state index in [0.717, 1.165) is 32.6 Å². The Bertz CT molecular complexity index is 333. The molecular formula is C14H22N2O. The van der Waals surface area contributed by atoms with E-state index in [1.54, 1.807) is 0 Å². The third kappa shape index (κ3) is 3.53. The van der Waals surface area contributed by atoms with Crippen LogP contribution in [-0.2, 0) is 4.74 Å². The molecule has 0 spiro atoms. The summed E-state index contributed by atoms with van der Waals surface area (Å²) < 4.78 is 5.39. The average molecular weight is 234 g/mol. The van der Waals surface area contributed by atoms with E-state index in [2.05, 4.69) is 24.4 Å². The number of hydrogen-bond acceptors (Lipinski definition) is 3. The monoisotopic (exact) mass is 234 g/mol. The van der Waals surface area contributed by atoms with Crippen LogP contribution in [0.4, 0.5) is 0 Å². The molecule has 1 aromatic rings. The van der Waals surface area contributed by atoms with Crippen molar-refractivity contribution in [3.05, 3.63) is 35.9 Å². The van der Waals surface area contributed by atoms with Crippen LogP contribution in [0.3, 0.4) is 0 Å². The molecule has 3 nitrogen and oxygen atoms in total. The van der Waals surface area contributed by atoms with Crippen molar-refractivity contribution < 1.29 is 4.74 Å². The van der Waals surface area contributed by atoms with Gasteiger partial charge in [-0.1, -0.05) is 30.3 Å². The van der Waals surface area contributed by atoms with Crippen molar-refractivity contribution in [2.45, 2.75) is 31.3 Å². The van der Waals surface area contributed by atoms with E-state index in [9.17, 15) is 0 Å². The Morgan fingerprint density at radius 2 is 1.94 bits per heavy atom. The first kappa shape index (κ1) is 12.6. The molecule has 2 rings (SSSR count). The summed E-state index contributed by atoms with van der Waals surface area (Å²) in [5.74, 6) is 0. The first-order valence-electron chi connectivity index (χ1n) is 6.33. The molecule has 3 heteroatoms. The van der Waals surface area contributed by atoms with Crippen molar-refractivity contribution in [2.24, 2.45) is 5.73 Å². The van der Waals surface area contributed by atoms with Crippen LogP contribution in [0.1, 0.15) is 31.4 Å². The number of nitrogens with one attached hydrogen (secondary N) is 1. The van der Waals surface area contributed by atoms with Gasteiger partial charge < -0.3 is 15.8 Å². The third-order valence-electron chi connectivity index (χ3n) is 3.57. The van der Waals surface area contributed by atoms with E-state index in [1.807, 2.05) is 18.2 Å². The van der Waals surface area contributed by atoms with E-state index in [4.69, 9.17) is 10.5 Å². The van der Waals surface area contributed by atoms with Crippen LogP contribution in [0, 0.1) is 0 Å². The molecule has 1 saturated heterocycles. The van der Waals surface area contributed by atoms with Crippen molar-refractivity contribution >= 4 is 0 Å². The Hall–Kier alpha value is -0.900. The maximum Gasteiger partial charge on any atom is 0.0483 e. The Morgan fingerprint density at radius 1 is 1.29 bits per heavy atom. The van der Waals surface area contributed by atoms with Crippen LogP contribution >= 0.6 is 0 Å². The highest BCUT2D eigenvalue weighted by Gasteiger charge is 2.27. The zero-order valence-corrected chi connectivity index (χ0v) is 10.5. The lowest BCUT2D eigenvalue weighted by Gasteiger charge is -2.35. The third-order valence-corrected chi connectivity index (χ3v) is 3.57. The van der Waals surface area contributed by atoms with Crippen LogP contribution in [0.15, 0.2) is 30.3 Å². The summed E-state index contributed by atoms with van der Waals surface area (Å²) in [6.45, 7) is 4.78. The zero-order valence-electron chi connectivity index (χ0n) is 10.5. The van der Waals surface area contributed by atoms with Gasteiger partial charge in [-0.3, -0.25) is 0 Å². The number of nitrogens with two attached hydrogens (primary N) is 1. The predicted octanol–water partition coefficient (Wildman–Crippen LogP) is 1.85. The van der Waals surface area contributed by atoms with E-state index in [-0.39, 0.29) is 11.6 Å². The first-order valence-corrected chi connectivity index (χ1v) is 6.33. The van der Waals surface area contributed by atoms with Crippen molar-refractivity contribution in [1.29, 1.82) is 0 Å². The lowest BCUT2D eigenvalue weighted by Crippen LogP contribution is -2.49. The van der Waals surface area contributed by atoms with Gasteiger partial charge in [0.25, 0.3) is 0 Å². The molecule has 1 aliphatic rings. The number of benzene rings is 1. The number of ether oxygens (including phenoxy) is 1. The summed E-state index contributed by atoms with van der Waals surface area (Å²) in [5.41, 5.74) is 7.55. The fourth-order valence-electron chi connectivity index (χ4n) is 2.17. The van der Waals surface area contributed by atoms with Gasteiger partial charge in [0.15, 0.2) is 0 Å². The van der Waals surface area contributed by atoms with Crippen LogP contribution < -0.4 is 11.1 Å². The summed E-state index contributed by atoms with van der Waals surface area (Å²) in [5, 5.41) is 3.59. The molecule has 1 unspecified atom stereocenters. The normalized spacial score (nSPS) is 21.1. The summed E-state index contributed by atoms with van der Waals surface area (Å²) in [6.07, 6.45) is 2.13. The van der Waals surface area contributed by atoms with Gasteiger partial charge in [0.05, 0.1) is 0 Å². The smallest absolute Gasteiger partial charge is 0.0483 e. The molecule has 17 heavy (non-hydrogen) atoms. The molecular weight excluding hydrogens is 212 g/mol. The van der Waals surface area contributed by atoms with Crippen molar-refractivity contribution in [3.63, 3.8) is 0 Å². The average Bonchev–Trinajstić information content (AvgIpc) is 2.38. The molecule has 0 amide bonds. The fraction of sp³-hybridized carbons (Fsp3) is 0.571. The molecule has 0 bridgehead atoms. The summed E-state index contributed by atoms with van der Waals surface area (Å²) in [6, 6.07) is 10.3. The zero-order chi connectivity index (χ0) is 12.1. The second-order valence-corrected chi connectivity index (χ2v) is 5.07. The van der Waals surface area contributed by atoms with Gasteiger partial charge in [0.2, 0.25) is 0 Å². The minimum Gasteiger partial charge on any atom is -0.381 e. The minimum absolute atomic E-state index is 0.0656. The molecule has 1 aliphatic heterocycles. The van der Waals surface area contributed by atoms with E-state index >= 15 is 0 Å². The number of hydrogen-bond donors (Lipinski definition) is 2. The van der Waals surface area contributed by atoms with Crippen molar-refractivity contribution in [3.8, 4) is 0 Å². The standard InChI is InChI=1S/C14H22N2O/c1-14(7-9-17-10-8-14)16-11-13(15)12-5-3-2-4-6-12/h2-6,13,16H,7-11,15H2,1H3. The lowest BCUT2D eigenvalue weighted by atomic mass is 9.92. The SMILES string of the molecule is CC1(NCC(N)c2ccccc2)CCOCC1. The van der Waals surface area contributed by atoms with Gasteiger partial charge in [0.1, 0.15) is 0 Å².